The maximum absolute atomic E-state index is 12.9. The number of ether oxygens (including phenoxy) is 1. The van der Waals surface area contributed by atoms with Gasteiger partial charge in [0.2, 0.25) is 5.91 Å². The van der Waals surface area contributed by atoms with Crippen LogP contribution in [-0.2, 0) is 16.1 Å². The largest absolute Gasteiger partial charge is 0.573 e. The molecule has 2 aliphatic rings. The molecule has 7 nitrogen and oxygen atoms in total. The second-order valence-corrected chi connectivity index (χ2v) is 7.88. The van der Waals surface area contributed by atoms with Crippen LogP contribution in [0.1, 0.15) is 38.2 Å². The smallest absolute Gasteiger partial charge is 0.406 e. The van der Waals surface area contributed by atoms with Crippen LogP contribution in [-0.4, -0.2) is 53.1 Å². The van der Waals surface area contributed by atoms with E-state index in [0.717, 1.165) is 36.3 Å². The van der Waals surface area contributed by atoms with Gasteiger partial charge in [0, 0.05) is 13.6 Å². The first-order valence-corrected chi connectivity index (χ1v) is 9.74. The second-order valence-electron chi connectivity index (χ2n) is 7.88. The lowest BCUT2D eigenvalue weighted by Gasteiger charge is -2.36. The molecule has 1 aromatic rings. The first-order chi connectivity index (χ1) is 14.0. The molecular weight excluding hydrogens is 403 g/mol. The molecule has 3 rings (SSSR count). The molecule has 2 fully saturated rings. The number of carbonyl (C=O) groups is 3. The summed E-state index contributed by atoms with van der Waals surface area (Å²) in [5.41, 5.74) is -0.349. The van der Waals surface area contributed by atoms with Gasteiger partial charge in [-0.1, -0.05) is 31.9 Å². The van der Waals surface area contributed by atoms with Gasteiger partial charge in [-0.2, -0.15) is 0 Å². The summed E-state index contributed by atoms with van der Waals surface area (Å²) in [6.45, 7) is 1.65. The lowest BCUT2D eigenvalue weighted by molar-refractivity contribution is -0.274. The number of carbonyl (C=O) groups excluding carboxylic acids is 3. The number of imide groups is 1. The zero-order chi connectivity index (χ0) is 22.1. The van der Waals surface area contributed by atoms with Crippen molar-refractivity contribution in [2.24, 2.45) is 5.92 Å². The lowest BCUT2D eigenvalue weighted by atomic mass is 9.73. The Hall–Kier alpha value is -2.78. The summed E-state index contributed by atoms with van der Waals surface area (Å²) >= 11 is 0. The minimum atomic E-state index is -4.77. The number of benzene rings is 1. The molecule has 2 atom stereocenters. The van der Waals surface area contributed by atoms with Gasteiger partial charge >= 0.3 is 12.4 Å². The van der Waals surface area contributed by atoms with Crippen molar-refractivity contribution in [3.05, 3.63) is 29.8 Å². The fourth-order valence-electron chi connectivity index (χ4n) is 4.05. The van der Waals surface area contributed by atoms with Crippen molar-refractivity contribution in [3.8, 4) is 5.75 Å². The molecule has 1 N–H and O–H groups in total. The normalized spacial score (nSPS) is 24.2. The van der Waals surface area contributed by atoms with Gasteiger partial charge in [-0.15, -0.1) is 13.2 Å². The van der Waals surface area contributed by atoms with Crippen molar-refractivity contribution in [2.45, 2.75) is 51.1 Å². The Balaban J connectivity index is 1.60. The van der Waals surface area contributed by atoms with Crippen molar-refractivity contribution in [3.63, 3.8) is 0 Å². The summed E-state index contributed by atoms with van der Waals surface area (Å²) in [5.74, 6) is -1.17. The third-order valence-electron chi connectivity index (χ3n) is 5.80. The van der Waals surface area contributed by atoms with Gasteiger partial charge in [-0.3, -0.25) is 14.5 Å². The number of amides is 4. The van der Waals surface area contributed by atoms with E-state index in [4.69, 9.17) is 0 Å². The zero-order valence-corrected chi connectivity index (χ0v) is 16.8. The summed E-state index contributed by atoms with van der Waals surface area (Å²) in [4.78, 5) is 40.2. The van der Waals surface area contributed by atoms with Gasteiger partial charge in [0.25, 0.3) is 5.91 Å². The summed E-state index contributed by atoms with van der Waals surface area (Å²) in [5, 5.41) is 2.80. The van der Waals surface area contributed by atoms with Gasteiger partial charge in [-0.25, -0.2) is 4.79 Å². The van der Waals surface area contributed by atoms with Gasteiger partial charge in [-0.05, 0) is 36.5 Å². The van der Waals surface area contributed by atoms with Crippen LogP contribution in [0.5, 0.6) is 5.75 Å². The van der Waals surface area contributed by atoms with Crippen molar-refractivity contribution in [2.75, 3.05) is 13.6 Å². The third kappa shape index (κ3) is 4.52. The van der Waals surface area contributed by atoms with Crippen molar-refractivity contribution in [1.29, 1.82) is 0 Å². The van der Waals surface area contributed by atoms with E-state index in [9.17, 15) is 27.6 Å². The van der Waals surface area contributed by atoms with Crippen molar-refractivity contribution in [1.82, 2.24) is 15.1 Å². The number of urea groups is 1. The molecule has 1 saturated heterocycles. The highest BCUT2D eigenvalue weighted by molar-refractivity contribution is 6.09. The van der Waals surface area contributed by atoms with E-state index in [-0.39, 0.29) is 30.7 Å². The number of nitrogens with one attached hydrogen (secondary N) is 1. The average molecular weight is 427 g/mol. The summed E-state index contributed by atoms with van der Waals surface area (Å²) in [6.07, 6.45) is -1.54. The topological polar surface area (TPSA) is 79.0 Å². The van der Waals surface area contributed by atoms with Crippen LogP contribution in [0, 0.1) is 5.92 Å². The van der Waals surface area contributed by atoms with E-state index >= 15 is 0 Å². The summed E-state index contributed by atoms with van der Waals surface area (Å²) in [6, 6.07) is 4.58. The third-order valence-corrected chi connectivity index (χ3v) is 5.80. The fraction of sp³-hybridized carbons (Fsp3) is 0.550. The predicted octanol–water partition coefficient (Wildman–Crippen LogP) is 3.04. The van der Waals surface area contributed by atoms with E-state index in [1.165, 1.54) is 24.1 Å². The van der Waals surface area contributed by atoms with Gasteiger partial charge in [0.05, 0.1) is 0 Å². The van der Waals surface area contributed by atoms with E-state index < -0.39 is 23.8 Å². The first kappa shape index (κ1) is 21.9. The molecule has 1 spiro atoms. The molecule has 0 aromatic heterocycles. The molecule has 1 aliphatic carbocycles. The minimum Gasteiger partial charge on any atom is -0.406 e. The molecule has 0 bridgehead atoms. The van der Waals surface area contributed by atoms with Crippen LogP contribution in [0.4, 0.5) is 18.0 Å². The van der Waals surface area contributed by atoms with Crippen molar-refractivity contribution >= 4 is 17.8 Å². The number of hydrogen-bond donors (Lipinski definition) is 1. The van der Waals surface area contributed by atoms with Crippen molar-refractivity contribution < 1.29 is 32.3 Å². The Morgan fingerprint density at radius 2 is 1.93 bits per heavy atom. The lowest BCUT2D eigenvalue weighted by Crippen LogP contribution is -2.54. The van der Waals surface area contributed by atoms with E-state index in [1.807, 2.05) is 6.92 Å². The quantitative estimate of drug-likeness (QED) is 0.733. The predicted molar refractivity (Wildman–Crippen MR) is 100 cm³/mol. The number of rotatable bonds is 5. The fourth-order valence-corrected chi connectivity index (χ4v) is 4.05. The number of nitrogens with zero attached hydrogens (tertiary/aromatic N) is 2. The monoisotopic (exact) mass is 427 g/mol. The van der Waals surface area contributed by atoms with E-state index in [2.05, 4.69) is 10.1 Å². The highest BCUT2D eigenvalue weighted by Gasteiger charge is 2.55. The molecule has 30 heavy (non-hydrogen) atoms. The Morgan fingerprint density at radius 1 is 1.27 bits per heavy atom. The van der Waals surface area contributed by atoms with Gasteiger partial charge in [0.15, 0.2) is 0 Å². The maximum atomic E-state index is 12.9. The number of halogens is 3. The average Bonchev–Trinajstić information content (AvgIpc) is 2.89. The highest BCUT2D eigenvalue weighted by Crippen LogP contribution is 2.38. The molecule has 1 heterocycles. The number of hydrogen-bond acceptors (Lipinski definition) is 4. The Labute approximate surface area is 172 Å². The van der Waals surface area contributed by atoms with Gasteiger partial charge < -0.3 is 15.0 Å². The Kier molecular flexibility index (Phi) is 5.96. The van der Waals surface area contributed by atoms with Crippen LogP contribution in [0.2, 0.25) is 0 Å². The van der Waals surface area contributed by atoms with Gasteiger partial charge in [0.1, 0.15) is 17.8 Å². The van der Waals surface area contributed by atoms with Crippen LogP contribution in [0.15, 0.2) is 24.3 Å². The minimum absolute atomic E-state index is 0.00189. The molecule has 2 unspecified atom stereocenters. The Morgan fingerprint density at radius 3 is 2.53 bits per heavy atom. The molecule has 1 saturated carbocycles. The van der Waals surface area contributed by atoms with E-state index in [1.54, 1.807) is 0 Å². The molecule has 0 radical (unpaired) electrons. The molecule has 1 aromatic carbocycles. The first-order valence-electron chi connectivity index (χ1n) is 9.74. The highest BCUT2D eigenvalue weighted by atomic mass is 19.4. The molecule has 1 aliphatic heterocycles. The molecular formula is C20H24F3N3O4. The van der Waals surface area contributed by atoms with Crippen LogP contribution in [0.25, 0.3) is 0 Å². The number of likely N-dealkylation sites (N-methyl/N-ethyl adjacent to an activating group) is 1. The van der Waals surface area contributed by atoms with E-state index in [0.29, 0.717) is 12.0 Å². The molecule has 164 valence electrons. The zero-order valence-electron chi connectivity index (χ0n) is 16.8. The van der Waals surface area contributed by atoms with Crippen LogP contribution >= 0.6 is 0 Å². The summed E-state index contributed by atoms with van der Waals surface area (Å²) in [7, 11) is 1.50. The Bertz CT molecular complexity index is 828. The van der Waals surface area contributed by atoms with Crippen LogP contribution in [0.3, 0.4) is 0 Å². The van der Waals surface area contributed by atoms with Crippen LogP contribution < -0.4 is 10.1 Å². The molecule has 10 heteroatoms. The number of alkyl halides is 3. The maximum Gasteiger partial charge on any atom is 0.573 e. The molecule has 4 amide bonds. The summed E-state index contributed by atoms with van der Waals surface area (Å²) < 4.78 is 40.5. The standard InChI is InChI=1S/C20H24F3N3O4/c1-13-5-3-4-10-19(13)17(28)26(18(29)24-19)12-16(27)25(2)11-14-6-8-15(9-7-14)30-20(21,22)23/h6-9,13H,3-5,10-12H2,1-2H3,(H,24,29). The SMILES string of the molecule is CC1CCCCC12NC(=O)N(CC(=O)N(C)Cc1ccc(OC(F)(F)F)cc1)C2=O. The second kappa shape index (κ2) is 8.16.